The van der Waals surface area contributed by atoms with Gasteiger partial charge in [-0.3, -0.25) is 9.36 Å². The third kappa shape index (κ3) is 5.44. The molecule has 2 heterocycles. The first kappa shape index (κ1) is 28.1. The summed E-state index contributed by atoms with van der Waals surface area (Å²) >= 11 is 3.31. The summed E-state index contributed by atoms with van der Waals surface area (Å²) in [4.78, 5) is 32.5. The van der Waals surface area contributed by atoms with Crippen LogP contribution in [0.1, 0.15) is 69.2 Å². The van der Waals surface area contributed by atoms with Crippen LogP contribution in [0, 0.1) is 3.57 Å². The largest absolute Gasteiger partial charge is 0.504 e. The lowest BCUT2D eigenvalue weighted by Crippen LogP contribution is -2.40. The molecule has 1 N–H and O–H groups in total. The molecular weight excluding hydrogens is 615 g/mol. The van der Waals surface area contributed by atoms with E-state index in [0.717, 1.165) is 12.0 Å². The number of allylic oxidation sites excluding steroid dienone is 1. The highest BCUT2D eigenvalue weighted by molar-refractivity contribution is 14.1. The predicted molar refractivity (Wildman–Crippen MR) is 158 cm³/mol. The zero-order valence-corrected chi connectivity index (χ0v) is 25.1. The van der Waals surface area contributed by atoms with E-state index in [9.17, 15) is 14.7 Å². The Balaban J connectivity index is 1.98. The summed E-state index contributed by atoms with van der Waals surface area (Å²) in [7, 11) is 1.49. The normalized spacial score (nSPS) is 15.4. The van der Waals surface area contributed by atoms with Crippen molar-refractivity contribution in [1.82, 2.24) is 4.57 Å². The maximum absolute atomic E-state index is 13.9. The van der Waals surface area contributed by atoms with Gasteiger partial charge in [-0.25, -0.2) is 9.79 Å². The molecule has 0 bridgehead atoms. The van der Waals surface area contributed by atoms with Crippen LogP contribution in [0.3, 0.4) is 0 Å². The fourth-order valence-corrected chi connectivity index (χ4v) is 6.13. The molecule has 1 aliphatic heterocycles. The average Bonchev–Trinajstić information content (AvgIpc) is 3.19. The molecule has 0 radical (unpaired) electrons. The highest BCUT2D eigenvalue weighted by atomic mass is 127. The van der Waals surface area contributed by atoms with Crippen molar-refractivity contribution in [2.24, 2.45) is 4.99 Å². The first-order valence-corrected chi connectivity index (χ1v) is 14.5. The van der Waals surface area contributed by atoms with Gasteiger partial charge in [-0.05, 0) is 76.8 Å². The first-order valence-electron chi connectivity index (χ1n) is 12.6. The summed E-state index contributed by atoms with van der Waals surface area (Å²) in [6.45, 7) is 8.29. The quantitative estimate of drug-likeness (QED) is 0.274. The Morgan fingerprint density at radius 3 is 2.55 bits per heavy atom. The number of methoxy groups -OCH3 is 1. The number of phenolic OH excluding ortho intramolecular Hbond substituents is 1. The number of phenols is 1. The number of nitrogens with zero attached hydrogens (tertiary/aromatic N) is 2. The van der Waals surface area contributed by atoms with Crippen molar-refractivity contribution in [2.75, 3.05) is 13.7 Å². The maximum atomic E-state index is 13.9. The number of fused-ring (bicyclic) bond motifs is 1. The second-order valence-electron chi connectivity index (χ2n) is 9.29. The van der Waals surface area contributed by atoms with E-state index in [1.165, 1.54) is 24.0 Å². The fourth-order valence-electron chi connectivity index (χ4n) is 4.48. The third-order valence-corrected chi connectivity index (χ3v) is 8.18. The number of aromatic nitrogens is 1. The highest BCUT2D eigenvalue weighted by Gasteiger charge is 2.34. The lowest BCUT2D eigenvalue weighted by atomic mass is 9.92. The number of halogens is 1. The fraction of sp³-hybridized carbons (Fsp3) is 0.345. The average molecular weight is 647 g/mol. The number of hydrogen-bond acceptors (Lipinski definition) is 7. The Kier molecular flexibility index (Phi) is 8.77. The van der Waals surface area contributed by atoms with Crippen molar-refractivity contribution < 1.29 is 19.4 Å². The molecule has 38 heavy (non-hydrogen) atoms. The molecule has 0 saturated carbocycles. The van der Waals surface area contributed by atoms with Gasteiger partial charge in [0.1, 0.15) is 0 Å². The summed E-state index contributed by atoms with van der Waals surface area (Å²) in [6.07, 6.45) is 3.15. The molecule has 9 heteroatoms. The van der Waals surface area contributed by atoms with Gasteiger partial charge < -0.3 is 14.6 Å². The Morgan fingerprint density at radius 1 is 1.24 bits per heavy atom. The Bertz CT molecular complexity index is 1570. The smallest absolute Gasteiger partial charge is 0.338 e. The van der Waals surface area contributed by atoms with Gasteiger partial charge in [0, 0.05) is 0 Å². The summed E-state index contributed by atoms with van der Waals surface area (Å²) in [5.74, 6) is 0.283. The molecule has 0 unspecified atom stereocenters. The Hall–Kier alpha value is -2.92. The van der Waals surface area contributed by atoms with E-state index < -0.39 is 12.0 Å². The van der Waals surface area contributed by atoms with Crippen molar-refractivity contribution >= 4 is 46.0 Å². The molecule has 0 fully saturated rings. The van der Waals surface area contributed by atoms with Gasteiger partial charge in [-0.15, -0.1) is 0 Å². The number of esters is 1. The molecule has 2 aromatic carbocycles. The number of benzene rings is 2. The third-order valence-electron chi connectivity index (χ3n) is 6.38. The van der Waals surface area contributed by atoms with Crippen LogP contribution >= 0.6 is 33.9 Å². The van der Waals surface area contributed by atoms with Crippen molar-refractivity contribution in [2.45, 2.75) is 52.5 Å². The van der Waals surface area contributed by atoms with Crippen LogP contribution in [0.25, 0.3) is 6.08 Å². The topological polar surface area (TPSA) is 90.1 Å². The molecule has 0 aliphatic carbocycles. The van der Waals surface area contributed by atoms with Crippen molar-refractivity contribution in [3.05, 3.63) is 87.6 Å². The summed E-state index contributed by atoms with van der Waals surface area (Å²) in [5, 5.41) is 10.2. The Labute approximate surface area is 239 Å². The number of thiazole rings is 1. The molecule has 3 aromatic rings. The van der Waals surface area contributed by atoms with Crippen molar-refractivity contribution in [3.63, 3.8) is 0 Å². The number of aromatic hydroxyl groups is 1. The molecule has 1 aliphatic rings. The lowest BCUT2D eigenvalue weighted by molar-refractivity contribution is -0.139. The van der Waals surface area contributed by atoms with Crippen LogP contribution in [-0.4, -0.2) is 29.4 Å². The molecule has 7 nitrogen and oxygen atoms in total. The molecule has 0 amide bonds. The van der Waals surface area contributed by atoms with Crippen molar-refractivity contribution in [3.8, 4) is 11.5 Å². The lowest BCUT2D eigenvalue weighted by Gasteiger charge is -2.26. The second kappa shape index (κ2) is 11.9. The minimum atomic E-state index is -0.648. The molecule has 1 aromatic heterocycles. The summed E-state index contributed by atoms with van der Waals surface area (Å²) in [6, 6.07) is 10.9. The van der Waals surface area contributed by atoms with Crippen LogP contribution in [0.15, 0.2) is 57.5 Å². The maximum Gasteiger partial charge on any atom is 0.338 e. The van der Waals surface area contributed by atoms with E-state index in [0.29, 0.717) is 47.8 Å². The van der Waals surface area contributed by atoms with Crippen molar-refractivity contribution in [1.29, 1.82) is 0 Å². The Morgan fingerprint density at radius 2 is 1.95 bits per heavy atom. The van der Waals surface area contributed by atoms with Gasteiger partial charge in [0.2, 0.25) is 0 Å². The summed E-state index contributed by atoms with van der Waals surface area (Å²) < 4.78 is 13.4. The van der Waals surface area contributed by atoms with E-state index in [1.54, 1.807) is 29.7 Å². The summed E-state index contributed by atoms with van der Waals surface area (Å²) in [5.41, 5.74) is 3.53. The van der Waals surface area contributed by atoms with Gasteiger partial charge in [-0.2, -0.15) is 0 Å². The minimum absolute atomic E-state index is 0.0554. The molecule has 200 valence electrons. The minimum Gasteiger partial charge on any atom is -0.504 e. The monoisotopic (exact) mass is 646 g/mol. The first-order chi connectivity index (χ1) is 18.2. The number of carbonyl (C=O) groups excluding carboxylic acids is 1. The number of ether oxygens (including phenoxy) is 2. The molecule has 0 saturated heterocycles. The molecular formula is C29H31IN2O5S. The molecule has 1 atom stereocenters. The SMILES string of the molecule is CCCC1=C(C(=O)OCC)[C@H](c2ccc(C(C)C)cc2)n2c(s/c(=C\c3cc(I)c(O)c(OC)c3)c2=O)=N1. The highest BCUT2D eigenvalue weighted by Crippen LogP contribution is 2.34. The van der Waals surface area contributed by atoms with E-state index in [2.05, 4.69) is 13.8 Å². The van der Waals surface area contributed by atoms with Crippen LogP contribution in [0.2, 0.25) is 0 Å². The van der Waals surface area contributed by atoms with Gasteiger partial charge >= 0.3 is 5.97 Å². The van der Waals surface area contributed by atoms with Gasteiger partial charge in [0.15, 0.2) is 16.3 Å². The predicted octanol–water partition coefficient (Wildman–Crippen LogP) is 5.02. The molecule has 4 rings (SSSR count). The van der Waals surface area contributed by atoms with Gasteiger partial charge in [0.25, 0.3) is 5.56 Å². The zero-order chi connectivity index (χ0) is 27.6. The van der Waals surface area contributed by atoms with E-state index in [4.69, 9.17) is 14.5 Å². The standard InChI is InChI=1S/C29H31IN2O5S/c1-6-8-21-24(28(35)37-7-2)25(19-11-9-18(10-12-19)16(3)4)32-27(34)23(38-29(32)31-21)15-17-13-20(30)26(33)22(14-17)36-5/h9-16,25,33H,6-8H2,1-5H3/b23-15-/t25-/m0/s1. The van der Waals surface area contributed by atoms with Gasteiger partial charge in [0.05, 0.1) is 39.1 Å². The van der Waals surface area contributed by atoms with E-state index >= 15 is 0 Å². The van der Waals surface area contributed by atoms with E-state index in [1.807, 2.05) is 53.8 Å². The van der Waals surface area contributed by atoms with Crippen LogP contribution in [-0.2, 0) is 9.53 Å². The zero-order valence-electron chi connectivity index (χ0n) is 22.1. The van der Waals surface area contributed by atoms with Gasteiger partial charge in [-0.1, -0.05) is 62.8 Å². The number of carbonyl (C=O) groups is 1. The van der Waals surface area contributed by atoms with Crippen LogP contribution < -0.4 is 19.6 Å². The van der Waals surface area contributed by atoms with Crippen LogP contribution in [0.4, 0.5) is 0 Å². The molecule has 0 spiro atoms. The van der Waals surface area contributed by atoms with E-state index in [-0.39, 0.29) is 17.9 Å². The number of rotatable bonds is 8. The number of hydrogen-bond donors (Lipinski definition) is 1. The van der Waals surface area contributed by atoms with Crippen LogP contribution in [0.5, 0.6) is 11.5 Å². The second-order valence-corrected chi connectivity index (χ2v) is 11.5.